The van der Waals surface area contributed by atoms with Crippen LogP contribution in [0.5, 0.6) is 0 Å². The maximum absolute atomic E-state index is 12.1. The normalized spacial score (nSPS) is 29.2. The van der Waals surface area contributed by atoms with E-state index >= 15 is 0 Å². The van der Waals surface area contributed by atoms with Gasteiger partial charge in [-0.15, -0.1) is 0 Å². The Bertz CT molecular complexity index is 297. The lowest BCUT2D eigenvalue weighted by atomic mass is 9.85. The molecule has 0 spiro atoms. The fourth-order valence-electron chi connectivity index (χ4n) is 3.12. The number of fused-ring (bicyclic) bond motifs is 2. The lowest BCUT2D eigenvalue weighted by molar-refractivity contribution is -0.00872. The van der Waals surface area contributed by atoms with Crippen LogP contribution in [0.4, 0.5) is 4.79 Å². The summed E-state index contributed by atoms with van der Waals surface area (Å²) in [4.78, 5) is 16.5. The minimum absolute atomic E-state index is 0.137. The SMILES string of the molecule is CCN1CC2CC(C1)CN(C(=O)OC(C)(C)C)C2. The van der Waals surface area contributed by atoms with Crippen LogP contribution in [0.15, 0.2) is 0 Å². The molecule has 4 nitrogen and oxygen atoms in total. The molecule has 2 aliphatic rings. The molecule has 2 bridgehead atoms. The van der Waals surface area contributed by atoms with Gasteiger partial charge in [0, 0.05) is 26.2 Å². The number of likely N-dealkylation sites (tertiary alicyclic amines) is 2. The highest BCUT2D eigenvalue weighted by atomic mass is 16.6. The molecule has 0 radical (unpaired) electrons. The van der Waals surface area contributed by atoms with E-state index in [2.05, 4.69) is 11.8 Å². The van der Waals surface area contributed by atoms with Crippen LogP contribution in [0.1, 0.15) is 34.1 Å². The topological polar surface area (TPSA) is 32.8 Å². The van der Waals surface area contributed by atoms with Gasteiger partial charge in [-0.3, -0.25) is 0 Å². The van der Waals surface area contributed by atoms with Gasteiger partial charge in [0.2, 0.25) is 0 Å². The summed E-state index contributed by atoms with van der Waals surface area (Å²) < 4.78 is 5.47. The summed E-state index contributed by atoms with van der Waals surface area (Å²) in [7, 11) is 0. The number of ether oxygens (including phenoxy) is 1. The number of carbonyl (C=O) groups excluding carboxylic acids is 1. The molecule has 0 aromatic carbocycles. The van der Waals surface area contributed by atoms with Crippen molar-refractivity contribution < 1.29 is 9.53 Å². The summed E-state index contributed by atoms with van der Waals surface area (Å²) in [6, 6.07) is 0. The third kappa shape index (κ3) is 3.37. The number of carbonyl (C=O) groups is 1. The van der Waals surface area contributed by atoms with Gasteiger partial charge in [-0.2, -0.15) is 0 Å². The first-order valence-corrected chi connectivity index (χ1v) is 7.07. The molecule has 104 valence electrons. The molecule has 0 N–H and O–H groups in total. The Morgan fingerprint density at radius 3 is 2.17 bits per heavy atom. The van der Waals surface area contributed by atoms with Gasteiger partial charge in [-0.1, -0.05) is 6.92 Å². The molecule has 18 heavy (non-hydrogen) atoms. The Hall–Kier alpha value is -0.770. The third-order valence-corrected chi connectivity index (χ3v) is 3.76. The Kier molecular flexibility index (Phi) is 3.85. The number of rotatable bonds is 1. The van der Waals surface area contributed by atoms with Crippen LogP contribution >= 0.6 is 0 Å². The van der Waals surface area contributed by atoms with E-state index in [9.17, 15) is 4.79 Å². The van der Waals surface area contributed by atoms with Gasteiger partial charge >= 0.3 is 6.09 Å². The monoisotopic (exact) mass is 254 g/mol. The fourth-order valence-corrected chi connectivity index (χ4v) is 3.12. The molecule has 1 amide bonds. The molecule has 2 aliphatic heterocycles. The first-order valence-electron chi connectivity index (χ1n) is 7.07. The molecule has 0 aromatic heterocycles. The van der Waals surface area contributed by atoms with E-state index in [1.165, 1.54) is 6.42 Å². The van der Waals surface area contributed by atoms with E-state index in [0.717, 1.165) is 32.7 Å². The lowest BCUT2D eigenvalue weighted by Crippen LogP contribution is -2.54. The van der Waals surface area contributed by atoms with Gasteiger partial charge in [-0.25, -0.2) is 4.79 Å². The summed E-state index contributed by atoms with van der Waals surface area (Å²) in [5.74, 6) is 1.26. The summed E-state index contributed by atoms with van der Waals surface area (Å²) in [5, 5.41) is 0. The molecular weight excluding hydrogens is 228 g/mol. The number of amides is 1. The first-order chi connectivity index (χ1) is 8.37. The van der Waals surface area contributed by atoms with E-state index in [-0.39, 0.29) is 11.7 Å². The van der Waals surface area contributed by atoms with Crippen LogP contribution in [-0.2, 0) is 4.74 Å². The fraction of sp³-hybridized carbons (Fsp3) is 0.929. The van der Waals surface area contributed by atoms with Gasteiger partial charge in [0.05, 0.1) is 0 Å². The molecule has 2 unspecified atom stereocenters. The van der Waals surface area contributed by atoms with Crippen LogP contribution in [0.3, 0.4) is 0 Å². The van der Waals surface area contributed by atoms with Crippen molar-refractivity contribution in [3.63, 3.8) is 0 Å². The highest BCUT2D eigenvalue weighted by Crippen LogP contribution is 2.29. The second-order valence-corrected chi connectivity index (χ2v) is 6.71. The Labute approximate surface area is 110 Å². The van der Waals surface area contributed by atoms with Gasteiger partial charge in [0.25, 0.3) is 0 Å². The largest absolute Gasteiger partial charge is 0.444 e. The third-order valence-electron chi connectivity index (χ3n) is 3.76. The zero-order valence-electron chi connectivity index (χ0n) is 12.1. The van der Waals surface area contributed by atoms with Crippen molar-refractivity contribution in [2.45, 2.75) is 39.7 Å². The van der Waals surface area contributed by atoms with Crippen LogP contribution in [-0.4, -0.2) is 54.2 Å². The van der Waals surface area contributed by atoms with Crippen molar-refractivity contribution in [3.05, 3.63) is 0 Å². The van der Waals surface area contributed by atoms with Gasteiger partial charge in [0.1, 0.15) is 5.60 Å². The number of piperidine rings is 2. The number of hydrogen-bond acceptors (Lipinski definition) is 3. The quantitative estimate of drug-likeness (QED) is 0.719. The molecule has 0 aliphatic carbocycles. The van der Waals surface area contributed by atoms with Crippen molar-refractivity contribution in [2.75, 3.05) is 32.7 Å². The highest BCUT2D eigenvalue weighted by Gasteiger charge is 2.36. The van der Waals surface area contributed by atoms with Crippen molar-refractivity contribution in [1.29, 1.82) is 0 Å². The van der Waals surface area contributed by atoms with Gasteiger partial charge in [0.15, 0.2) is 0 Å². The Morgan fingerprint density at radius 1 is 1.17 bits per heavy atom. The second kappa shape index (κ2) is 5.08. The Morgan fingerprint density at radius 2 is 1.72 bits per heavy atom. The van der Waals surface area contributed by atoms with Gasteiger partial charge in [-0.05, 0) is 45.6 Å². The smallest absolute Gasteiger partial charge is 0.410 e. The maximum atomic E-state index is 12.1. The predicted octanol–water partition coefficient (Wildman–Crippen LogP) is 2.20. The average Bonchev–Trinajstić information content (AvgIpc) is 2.25. The molecular formula is C14H26N2O2. The van der Waals surface area contributed by atoms with Crippen LogP contribution < -0.4 is 0 Å². The molecule has 0 saturated carbocycles. The van der Waals surface area contributed by atoms with Crippen molar-refractivity contribution >= 4 is 6.09 Å². The van der Waals surface area contributed by atoms with Crippen LogP contribution in [0.25, 0.3) is 0 Å². The second-order valence-electron chi connectivity index (χ2n) is 6.71. The summed E-state index contributed by atoms with van der Waals surface area (Å²) in [5.41, 5.74) is -0.390. The van der Waals surface area contributed by atoms with Crippen molar-refractivity contribution in [3.8, 4) is 0 Å². The van der Waals surface area contributed by atoms with Crippen molar-refractivity contribution in [2.24, 2.45) is 11.8 Å². The number of hydrogen-bond donors (Lipinski definition) is 0. The van der Waals surface area contributed by atoms with E-state index in [1.54, 1.807) is 0 Å². The summed E-state index contributed by atoms with van der Waals surface area (Å²) in [6.45, 7) is 13.1. The highest BCUT2D eigenvalue weighted by molar-refractivity contribution is 5.68. The molecule has 2 saturated heterocycles. The van der Waals surface area contributed by atoms with Crippen LogP contribution in [0.2, 0.25) is 0 Å². The molecule has 2 heterocycles. The van der Waals surface area contributed by atoms with E-state index in [1.807, 2.05) is 25.7 Å². The van der Waals surface area contributed by atoms with E-state index in [0.29, 0.717) is 11.8 Å². The summed E-state index contributed by atoms with van der Waals surface area (Å²) >= 11 is 0. The molecule has 2 fully saturated rings. The summed E-state index contributed by atoms with van der Waals surface area (Å²) in [6.07, 6.45) is 1.14. The van der Waals surface area contributed by atoms with E-state index < -0.39 is 0 Å². The maximum Gasteiger partial charge on any atom is 0.410 e. The molecule has 2 atom stereocenters. The predicted molar refractivity (Wildman–Crippen MR) is 71.5 cm³/mol. The first kappa shape index (κ1) is 13.7. The van der Waals surface area contributed by atoms with Crippen LogP contribution in [0, 0.1) is 11.8 Å². The zero-order valence-corrected chi connectivity index (χ0v) is 12.1. The minimum Gasteiger partial charge on any atom is -0.444 e. The average molecular weight is 254 g/mol. The standard InChI is InChI=1S/C14H26N2O2/c1-5-15-7-11-6-12(8-15)10-16(9-11)13(17)18-14(2,3)4/h11-12H,5-10H2,1-4H3. The molecule has 2 rings (SSSR count). The molecule has 0 aromatic rings. The molecule has 4 heteroatoms. The van der Waals surface area contributed by atoms with E-state index in [4.69, 9.17) is 4.74 Å². The van der Waals surface area contributed by atoms with Crippen molar-refractivity contribution in [1.82, 2.24) is 9.80 Å². The minimum atomic E-state index is -0.390. The van der Waals surface area contributed by atoms with Gasteiger partial charge < -0.3 is 14.5 Å². The lowest BCUT2D eigenvalue weighted by Gasteiger charge is -2.45. The number of nitrogens with zero attached hydrogens (tertiary/aromatic N) is 2. The Balaban J connectivity index is 1.92. The zero-order chi connectivity index (χ0) is 13.3.